The van der Waals surface area contributed by atoms with Crippen molar-refractivity contribution in [2.75, 3.05) is 0 Å². The first-order valence-corrected chi connectivity index (χ1v) is 6.92. The second kappa shape index (κ2) is 7.07. The van der Waals surface area contributed by atoms with Crippen LogP contribution in [0.4, 0.5) is 0 Å². The van der Waals surface area contributed by atoms with Crippen LogP contribution in [-0.4, -0.2) is 50.1 Å². The van der Waals surface area contributed by atoms with Crippen LogP contribution in [0.1, 0.15) is 25.3 Å². The molecule has 0 amide bonds. The smallest absolute Gasteiger partial charge is 0.120 e. The molecule has 0 unspecified atom stereocenters. The number of rotatable bonds is 4. The van der Waals surface area contributed by atoms with Crippen molar-refractivity contribution in [1.82, 2.24) is 15.4 Å². The molecule has 0 aliphatic rings. The maximum absolute atomic E-state index is 10.2. The van der Waals surface area contributed by atoms with Crippen LogP contribution in [0.15, 0.2) is 36.4 Å². The van der Waals surface area contributed by atoms with Crippen molar-refractivity contribution < 1.29 is 5.11 Å². The molecule has 5 heteroatoms. The van der Waals surface area contributed by atoms with Crippen LogP contribution in [0.25, 0.3) is 22.2 Å². The van der Waals surface area contributed by atoms with Crippen molar-refractivity contribution in [1.29, 1.82) is 0 Å². The number of hydrogen-bond donors (Lipinski definition) is 2. The number of para-hydroxylation sites is 1. The molecule has 2 aromatic carbocycles. The van der Waals surface area contributed by atoms with Gasteiger partial charge in [-0.2, -0.15) is 15.4 Å². The minimum Gasteiger partial charge on any atom is -0.508 e. The average Bonchev–Trinajstić information content (AvgIpc) is 2.94. The SMILES string of the molecule is CCCCc1c(O)cccc1-c1cccc2n[nH]nc12.[Na]. The van der Waals surface area contributed by atoms with Gasteiger partial charge in [-0.25, -0.2) is 0 Å². The zero-order chi connectivity index (χ0) is 13.9. The van der Waals surface area contributed by atoms with Crippen LogP contribution in [-0.2, 0) is 6.42 Å². The number of unbranched alkanes of at least 4 members (excludes halogenated alkanes) is 1. The van der Waals surface area contributed by atoms with Gasteiger partial charge in [-0.3, -0.25) is 0 Å². The first-order valence-electron chi connectivity index (χ1n) is 6.92. The fourth-order valence-electron chi connectivity index (χ4n) is 2.53. The largest absolute Gasteiger partial charge is 0.508 e. The Kier molecular flexibility index (Phi) is 5.39. The summed E-state index contributed by atoms with van der Waals surface area (Å²) in [4.78, 5) is 0. The molecule has 2 N–H and O–H groups in total. The van der Waals surface area contributed by atoms with Crippen molar-refractivity contribution >= 4 is 40.6 Å². The standard InChI is InChI=1S/C16H17N3O.Na/c1-2-3-6-12-11(7-5-10-15(12)20)13-8-4-9-14-16(13)18-19-17-14;/h4-5,7-10,20H,2-3,6H2,1H3,(H,17,18,19);. The number of benzene rings is 2. The minimum atomic E-state index is 0. The van der Waals surface area contributed by atoms with E-state index in [2.05, 4.69) is 22.3 Å². The third-order valence-electron chi connectivity index (χ3n) is 3.57. The van der Waals surface area contributed by atoms with Crippen LogP contribution < -0.4 is 0 Å². The quantitative estimate of drug-likeness (QED) is 0.725. The van der Waals surface area contributed by atoms with Gasteiger partial charge >= 0.3 is 0 Å². The summed E-state index contributed by atoms with van der Waals surface area (Å²) in [6.45, 7) is 2.15. The van der Waals surface area contributed by atoms with Gasteiger partial charge in [0.1, 0.15) is 16.8 Å². The molecule has 0 spiro atoms. The minimum absolute atomic E-state index is 0. The molecular weight excluding hydrogens is 273 g/mol. The van der Waals surface area contributed by atoms with Gasteiger partial charge in [0.25, 0.3) is 0 Å². The van der Waals surface area contributed by atoms with E-state index < -0.39 is 0 Å². The molecule has 3 aromatic rings. The normalized spacial score (nSPS) is 10.5. The Morgan fingerprint density at radius 3 is 2.62 bits per heavy atom. The van der Waals surface area contributed by atoms with E-state index in [4.69, 9.17) is 0 Å². The van der Waals surface area contributed by atoms with Gasteiger partial charge in [0, 0.05) is 40.7 Å². The number of nitrogens with one attached hydrogen (secondary N) is 1. The van der Waals surface area contributed by atoms with E-state index >= 15 is 0 Å². The van der Waals surface area contributed by atoms with Gasteiger partial charge in [-0.15, -0.1) is 0 Å². The Bertz CT molecular complexity index is 739. The van der Waals surface area contributed by atoms with E-state index in [0.717, 1.165) is 47.0 Å². The van der Waals surface area contributed by atoms with Gasteiger partial charge in [-0.05, 0) is 30.5 Å². The van der Waals surface area contributed by atoms with E-state index in [1.165, 1.54) is 0 Å². The fraction of sp³-hybridized carbons (Fsp3) is 0.250. The van der Waals surface area contributed by atoms with Crippen molar-refractivity contribution in [3.8, 4) is 16.9 Å². The molecule has 0 atom stereocenters. The van der Waals surface area contributed by atoms with Gasteiger partial charge in [0.05, 0.1) is 0 Å². The Labute approximate surface area is 145 Å². The van der Waals surface area contributed by atoms with Crippen LogP contribution in [0.2, 0.25) is 0 Å². The summed E-state index contributed by atoms with van der Waals surface area (Å²) in [5.41, 5.74) is 4.73. The summed E-state index contributed by atoms with van der Waals surface area (Å²) in [7, 11) is 0. The van der Waals surface area contributed by atoms with Crippen molar-refractivity contribution in [2.24, 2.45) is 0 Å². The molecule has 0 bridgehead atoms. The van der Waals surface area contributed by atoms with Gasteiger partial charge in [0.15, 0.2) is 0 Å². The number of aromatic amines is 1. The van der Waals surface area contributed by atoms with E-state index in [0.29, 0.717) is 5.75 Å². The monoisotopic (exact) mass is 290 g/mol. The molecular formula is C16H17N3NaO. The number of hydrogen-bond acceptors (Lipinski definition) is 3. The average molecular weight is 290 g/mol. The summed E-state index contributed by atoms with van der Waals surface area (Å²) in [5.74, 6) is 0.358. The predicted octanol–water partition coefficient (Wildman–Crippen LogP) is 3.29. The molecule has 0 saturated heterocycles. The van der Waals surface area contributed by atoms with Gasteiger partial charge in [0.2, 0.25) is 0 Å². The fourth-order valence-corrected chi connectivity index (χ4v) is 2.53. The van der Waals surface area contributed by atoms with E-state index in [1.807, 2.05) is 30.3 Å². The summed E-state index contributed by atoms with van der Waals surface area (Å²) >= 11 is 0. The topological polar surface area (TPSA) is 61.8 Å². The molecule has 0 saturated carbocycles. The molecule has 1 aromatic heterocycles. The molecule has 0 aliphatic heterocycles. The Balaban J connectivity index is 0.00000161. The van der Waals surface area contributed by atoms with Crippen LogP contribution >= 0.6 is 0 Å². The molecule has 0 aliphatic carbocycles. The number of nitrogens with zero attached hydrogens (tertiary/aromatic N) is 2. The van der Waals surface area contributed by atoms with E-state index in [1.54, 1.807) is 6.07 Å². The zero-order valence-electron chi connectivity index (χ0n) is 12.4. The van der Waals surface area contributed by atoms with Crippen LogP contribution in [0, 0.1) is 0 Å². The molecule has 0 fully saturated rings. The third-order valence-corrected chi connectivity index (χ3v) is 3.57. The molecule has 4 nitrogen and oxygen atoms in total. The molecule has 1 heterocycles. The number of phenols is 1. The van der Waals surface area contributed by atoms with Crippen LogP contribution in [0.3, 0.4) is 0 Å². The maximum atomic E-state index is 10.2. The summed E-state index contributed by atoms with van der Waals surface area (Å²) in [6, 6.07) is 11.6. The van der Waals surface area contributed by atoms with Crippen molar-refractivity contribution in [3.63, 3.8) is 0 Å². The van der Waals surface area contributed by atoms with E-state index in [9.17, 15) is 5.11 Å². The van der Waals surface area contributed by atoms with E-state index in [-0.39, 0.29) is 29.6 Å². The number of H-pyrrole nitrogens is 1. The molecule has 1 radical (unpaired) electrons. The Hall–Kier alpha value is -1.36. The second-order valence-electron chi connectivity index (χ2n) is 4.90. The number of aromatic nitrogens is 3. The second-order valence-corrected chi connectivity index (χ2v) is 4.90. The van der Waals surface area contributed by atoms with Gasteiger partial charge < -0.3 is 5.11 Å². The van der Waals surface area contributed by atoms with Crippen LogP contribution in [0.5, 0.6) is 5.75 Å². The number of aromatic hydroxyl groups is 1. The summed E-state index contributed by atoms with van der Waals surface area (Å²) in [6.07, 6.45) is 3.02. The summed E-state index contributed by atoms with van der Waals surface area (Å²) in [5, 5.41) is 21.2. The molecule has 21 heavy (non-hydrogen) atoms. The first kappa shape index (κ1) is 16.0. The van der Waals surface area contributed by atoms with Crippen molar-refractivity contribution in [3.05, 3.63) is 42.0 Å². The number of fused-ring (bicyclic) bond motifs is 1. The summed E-state index contributed by atoms with van der Waals surface area (Å²) < 4.78 is 0. The molecule has 3 rings (SSSR count). The predicted molar refractivity (Wildman–Crippen MR) is 85.4 cm³/mol. The molecule has 103 valence electrons. The maximum Gasteiger partial charge on any atom is 0.120 e. The third kappa shape index (κ3) is 3.12. The Morgan fingerprint density at radius 1 is 1.05 bits per heavy atom. The number of phenolic OH excluding ortho intramolecular Hbond substituents is 1. The Morgan fingerprint density at radius 2 is 1.81 bits per heavy atom. The van der Waals surface area contributed by atoms with Gasteiger partial charge in [-0.1, -0.05) is 37.6 Å². The van der Waals surface area contributed by atoms with Crippen molar-refractivity contribution in [2.45, 2.75) is 26.2 Å². The zero-order valence-corrected chi connectivity index (χ0v) is 14.4. The first-order chi connectivity index (χ1) is 9.81.